The van der Waals surface area contributed by atoms with Gasteiger partial charge in [0.1, 0.15) is 0 Å². The number of halogens is 1. The van der Waals surface area contributed by atoms with Gasteiger partial charge in [-0.15, -0.1) is 0 Å². The van der Waals surface area contributed by atoms with Crippen LogP contribution in [-0.4, -0.2) is 37.0 Å². The Bertz CT molecular complexity index is 181. The Morgan fingerprint density at radius 3 is 0.643 bits per heavy atom. The number of hydrogen-bond acceptors (Lipinski definition) is 0. The maximum atomic E-state index is 4.16. The van der Waals surface area contributed by atoms with Crippen molar-refractivity contribution in [3.63, 3.8) is 0 Å². The van der Waals surface area contributed by atoms with Gasteiger partial charge in [-0.1, -0.05) is 80.1 Å². The second-order valence-electron chi connectivity index (χ2n) is 8.12. The van der Waals surface area contributed by atoms with Gasteiger partial charge in [-0.05, 0) is 38.5 Å². The van der Waals surface area contributed by atoms with Crippen LogP contribution in [-0.2, 0) is 12.8 Å². The molecule has 0 aromatic heterocycles. The summed E-state index contributed by atoms with van der Waals surface area (Å²) >= 11 is 5.87. The van der Waals surface area contributed by atoms with Crippen molar-refractivity contribution in [1.82, 2.24) is 0 Å². The van der Waals surface area contributed by atoms with Crippen LogP contribution in [0.5, 0.6) is 0 Å². The molecule has 0 saturated heterocycles. The molecule has 0 aliphatic carbocycles. The van der Waals surface area contributed by atoms with Gasteiger partial charge in [0.25, 0.3) is 0 Å². The van der Waals surface area contributed by atoms with E-state index in [4.69, 9.17) is 0 Å². The van der Waals surface area contributed by atoms with Crippen LogP contribution < -0.4 is 0 Å². The molecular weight excluding hydrogens is 541 g/mol. The molecule has 0 heterocycles. The standard InChI is InChI=1S/2C12H27P.Cu.HI/c2*1-4-7-10-13(11-8-5-2)12-9-6-3;;/h2*4-12H2,1-3H3;;1H/q;;+1;/p+1. The molecule has 0 rings (SSSR count). The summed E-state index contributed by atoms with van der Waals surface area (Å²) in [6, 6.07) is 0. The molecular formula is C24H56CuIP2+2. The summed E-state index contributed by atoms with van der Waals surface area (Å²) in [4.78, 5) is 0. The molecule has 0 aromatic rings. The van der Waals surface area contributed by atoms with Gasteiger partial charge in [-0.25, -0.2) is 0 Å². The first-order valence-electron chi connectivity index (χ1n) is 12.5. The molecule has 0 aliphatic heterocycles. The van der Waals surface area contributed by atoms with Crippen LogP contribution >= 0.6 is 36.2 Å². The predicted octanol–water partition coefficient (Wildman–Crippen LogP) is 10.1. The molecule has 178 valence electrons. The maximum absolute atomic E-state index is 4.16. The molecule has 0 amide bonds. The average Bonchev–Trinajstić information content (AvgIpc) is 2.74. The number of rotatable bonds is 18. The summed E-state index contributed by atoms with van der Waals surface area (Å²) in [6.45, 7) is 13.9. The van der Waals surface area contributed by atoms with Gasteiger partial charge in [-0.3, -0.25) is 0 Å². The van der Waals surface area contributed by atoms with Crippen molar-refractivity contribution in [3.05, 3.63) is 0 Å². The van der Waals surface area contributed by atoms with Gasteiger partial charge < -0.3 is 0 Å². The van der Waals surface area contributed by atoms with Crippen LogP contribution in [0.15, 0.2) is 0 Å². The van der Waals surface area contributed by atoms with Gasteiger partial charge in [-0.2, -0.15) is 0 Å². The monoisotopic (exact) mass is 596 g/mol. The normalized spacial score (nSPS) is 10.5. The van der Waals surface area contributed by atoms with E-state index in [1.807, 2.05) is 0 Å². The minimum atomic E-state index is 0.0675. The van der Waals surface area contributed by atoms with Crippen LogP contribution in [0.3, 0.4) is 0 Å². The minimum absolute atomic E-state index is 0.0675. The first-order chi connectivity index (χ1) is 13.7. The van der Waals surface area contributed by atoms with Crippen molar-refractivity contribution in [3.8, 4) is 0 Å². The Labute approximate surface area is 203 Å². The van der Waals surface area contributed by atoms with Crippen molar-refractivity contribution in [1.29, 1.82) is 0 Å². The molecule has 0 unspecified atom stereocenters. The van der Waals surface area contributed by atoms with E-state index < -0.39 is 0 Å². The van der Waals surface area contributed by atoms with E-state index >= 15 is 0 Å². The quantitative estimate of drug-likeness (QED) is 0.0839. The third kappa shape index (κ3) is 30.3. The number of hydrogen-bond donors (Lipinski definition) is 0. The molecule has 0 nitrogen and oxygen atoms in total. The topological polar surface area (TPSA) is 0 Å². The van der Waals surface area contributed by atoms with Crippen LogP contribution in [0.4, 0.5) is 0 Å². The first kappa shape index (κ1) is 34.7. The fourth-order valence-electron chi connectivity index (χ4n) is 3.31. The van der Waals surface area contributed by atoms with Gasteiger partial charge in [0, 0.05) is 15.8 Å². The van der Waals surface area contributed by atoms with E-state index in [9.17, 15) is 0 Å². The van der Waals surface area contributed by atoms with Crippen molar-refractivity contribution < 1.29 is 12.8 Å². The van der Waals surface area contributed by atoms with Crippen molar-refractivity contribution in [2.75, 3.05) is 37.0 Å². The Morgan fingerprint density at radius 1 is 0.393 bits per heavy atom. The van der Waals surface area contributed by atoms with E-state index in [1.165, 1.54) is 77.0 Å². The molecule has 0 spiro atoms. The van der Waals surface area contributed by atoms with E-state index in [-0.39, 0.29) is 15.8 Å². The zero-order valence-electron chi connectivity index (χ0n) is 20.4. The van der Waals surface area contributed by atoms with Crippen molar-refractivity contribution >= 4 is 36.2 Å². The molecule has 0 N–H and O–H groups in total. The summed E-state index contributed by atoms with van der Waals surface area (Å²) in [5.74, 6) is 0. The van der Waals surface area contributed by atoms with Crippen molar-refractivity contribution in [2.45, 2.75) is 119 Å². The SMILES string of the molecule is CCCC[PH+](CCCC)CCCC.CCCC[PH+](CCCC)CCCC.[Cu][I]. The van der Waals surface area contributed by atoms with Gasteiger partial charge in [0.15, 0.2) is 0 Å². The van der Waals surface area contributed by atoms with Gasteiger partial charge in [0.2, 0.25) is 0 Å². The summed E-state index contributed by atoms with van der Waals surface area (Å²) in [5.41, 5.74) is 0. The van der Waals surface area contributed by atoms with Crippen LogP contribution in [0.1, 0.15) is 119 Å². The Hall–Kier alpha value is 2.11. The van der Waals surface area contributed by atoms with Crippen LogP contribution in [0.2, 0.25) is 0 Å². The Balaban J connectivity index is -0.000000410. The van der Waals surface area contributed by atoms with E-state index in [0.717, 1.165) is 0 Å². The summed E-state index contributed by atoms with van der Waals surface area (Å²) in [6.07, 6.45) is 26.8. The first-order valence-corrected chi connectivity index (χ1v) is 19.8. The summed E-state index contributed by atoms with van der Waals surface area (Å²) < 4.78 is 0. The molecule has 0 bridgehead atoms. The third-order valence-electron chi connectivity index (χ3n) is 5.30. The van der Waals surface area contributed by atoms with E-state index in [2.05, 4.69) is 54.3 Å². The second-order valence-corrected chi connectivity index (χ2v) is 14.1. The number of unbranched alkanes of at least 4 members (excludes halogenated alkanes) is 6. The fourth-order valence-corrected chi connectivity index (χ4v) is 9.93. The third-order valence-corrected chi connectivity index (χ3v) is 11.7. The molecule has 28 heavy (non-hydrogen) atoms. The van der Waals surface area contributed by atoms with E-state index in [1.54, 1.807) is 57.3 Å². The molecule has 0 atom stereocenters. The Kier molecular flexibility index (Phi) is 41.8. The molecule has 0 saturated carbocycles. The predicted molar refractivity (Wildman–Crippen MR) is 149 cm³/mol. The Morgan fingerprint density at radius 2 is 0.536 bits per heavy atom. The average molecular weight is 597 g/mol. The molecule has 0 aliphatic rings. The zero-order valence-corrected chi connectivity index (χ0v) is 25.5. The zero-order chi connectivity index (χ0) is 21.9. The van der Waals surface area contributed by atoms with Gasteiger partial charge >= 0.3 is 33.1 Å². The fraction of sp³-hybridized carbons (Fsp3) is 1.00. The molecule has 0 aromatic carbocycles. The molecule has 0 radical (unpaired) electrons. The van der Waals surface area contributed by atoms with Crippen LogP contribution in [0.25, 0.3) is 0 Å². The summed E-state index contributed by atoms with van der Waals surface area (Å²) in [5, 5.41) is 0. The van der Waals surface area contributed by atoms with E-state index in [0.29, 0.717) is 0 Å². The molecule has 4 heteroatoms. The van der Waals surface area contributed by atoms with Crippen LogP contribution in [0, 0.1) is 0 Å². The summed E-state index contributed by atoms with van der Waals surface area (Å²) in [7, 11) is 0.135. The van der Waals surface area contributed by atoms with Crippen molar-refractivity contribution in [2.24, 2.45) is 0 Å². The second kappa shape index (κ2) is 33.7. The van der Waals surface area contributed by atoms with Gasteiger partial charge in [0.05, 0.1) is 37.0 Å². The molecule has 0 fully saturated rings.